The molecule has 0 radical (unpaired) electrons. The van der Waals surface area contributed by atoms with Gasteiger partial charge in [0.05, 0.1) is 6.04 Å². The third-order valence-electron chi connectivity index (χ3n) is 2.54. The van der Waals surface area contributed by atoms with Crippen molar-refractivity contribution in [3.63, 3.8) is 0 Å². The van der Waals surface area contributed by atoms with Gasteiger partial charge in [-0.15, -0.1) is 0 Å². The first kappa shape index (κ1) is 12.6. The number of aromatic amines is 1. The maximum Gasteiger partial charge on any atom is 0.251 e. The highest BCUT2D eigenvalue weighted by atomic mass is 79.9. The Balaban J connectivity index is 2.10. The van der Waals surface area contributed by atoms with Gasteiger partial charge in [0.1, 0.15) is 5.82 Å². The fraction of sp³-hybridized carbons (Fsp3) is 0.167. The molecule has 0 aliphatic heterocycles. The molecule has 18 heavy (non-hydrogen) atoms. The lowest BCUT2D eigenvalue weighted by atomic mass is 10.2. The molecule has 0 aliphatic carbocycles. The molecule has 0 bridgehead atoms. The van der Waals surface area contributed by atoms with Crippen molar-refractivity contribution in [2.45, 2.75) is 13.0 Å². The fourth-order valence-electron chi connectivity index (χ4n) is 1.55. The molecule has 0 fully saturated rings. The number of rotatable bonds is 3. The maximum atomic E-state index is 12.0. The van der Waals surface area contributed by atoms with Crippen molar-refractivity contribution in [2.75, 3.05) is 5.73 Å². The summed E-state index contributed by atoms with van der Waals surface area (Å²) in [4.78, 5) is 19.0. The first-order valence-electron chi connectivity index (χ1n) is 5.43. The Bertz CT molecular complexity index is 553. The highest BCUT2D eigenvalue weighted by Crippen LogP contribution is 2.20. The zero-order chi connectivity index (χ0) is 13.1. The molecule has 4 N–H and O–H groups in total. The van der Waals surface area contributed by atoms with Crippen LogP contribution in [0.15, 0.2) is 35.1 Å². The average molecular weight is 309 g/mol. The van der Waals surface area contributed by atoms with Gasteiger partial charge in [-0.1, -0.05) is 0 Å². The molecule has 1 amide bonds. The monoisotopic (exact) mass is 308 g/mol. The Kier molecular flexibility index (Phi) is 3.66. The summed E-state index contributed by atoms with van der Waals surface area (Å²) < 4.78 is 0.776. The van der Waals surface area contributed by atoms with Gasteiger partial charge >= 0.3 is 0 Å². The van der Waals surface area contributed by atoms with E-state index in [0.717, 1.165) is 4.47 Å². The minimum absolute atomic E-state index is 0.182. The summed E-state index contributed by atoms with van der Waals surface area (Å²) in [5.41, 5.74) is 6.80. The molecule has 1 heterocycles. The van der Waals surface area contributed by atoms with Crippen LogP contribution >= 0.6 is 15.9 Å². The number of halogens is 1. The zero-order valence-electron chi connectivity index (χ0n) is 9.77. The van der Waals surface area contributed by atoms with Crippen LogP contribution in [0.5, 0.6) is 0 Å². The molecule has 1 unspecified atom stereocenters. The SMILES string of the molecule is CC(NC(=O)c1ccc(Br)c(N)c1)c1ncc[nH]1. The Morgan fingerprint density at radius 2 is 2.33 bits per heavy atom. The lowest BCUT2D eigenvalue weighted by Crippen LogP contribution is -2.27. The smallest absolute Gasteiger partial charge is 0.251 e. The van der Waals surface area contributed by atoms with E-state index in [1.54, 1.807) is 30.6 Å². The van der Waals surface area contributed by atoms with Crippen LogP contribution in [-0.2, 0) is 0 Å². The van der Waals surface area contributed by atoms with Gasteiger partial charge in [-0.2, -0.15) is 0 Å². The maximum absolute atomic E-state index is 12.0. The van der Waals surface area contributed by atoms with Crippen LogP contribution in [-0.4, -0.2) is 15.9 Å². The van der Waals surface area contributed by atoms with E-state index in [0.29, 0.717) is 17.1 Å². The lowest BCUT2D eigenvalue weighted by Gasteiger charge is -2.12. The summed E-state index contributed by atoms with van der Waals surface area (Å²) in [5.74, 6) is 0.534. The van der Waals surface area contributed by atoms with E-state index in [2.05, 4.69) is 31.2 Å². The number of carbonyl (C=O) groups excluding carboxylic acids is 1. The topological polar surface area (TPSA) is 83.8 Å². The number of carbonyl (C=O) groups is 1. The predicted molar refractivity (Wildman–Crippen MR) is 73.0 cm³/mol. The second-order valence-corrected chi connectivity index (χ2v) is 4.76. The van der Waals surface area contributed by atoms with E-state index >= 15 is 0 Å². The minimum Gasteiger partial charge on any atom is -0.398 e. The summed E-state index contributed by atoms with van der Waals surface area (Å²) in [6.45, 7) is 1.86. The number of hydrogen-bond acceptors (Lipinski definition) is 3. The normalized spacial score (nSPS) is 12.1. The van der Waals surface area contributed by atoms with E-state index in [1.165, 1.54) is 0 Å². The van der Waals surface area contributed by atoms with Gasteiger partial charge in [0.15, 0.2) is 0 Å². The van der Waals surface area contributed by atoms with Gasteiger partial charge in [-0.3, -0.25) is 4.79 Å². The first-order chi connectivity index (χ1) is 8.58. The van der Waals surface area contributed by atoms with Crippen LogP contribution in [0.4, 0.5) is 5.69 Å². The molecule has 2 rings (SSSR count). The van der Waals surface area contributed by atoms with Gasteiger partial charge in [0.2, 0.25) is 0 Å². The van der Waals surface area contributed by atoms with Crippen LogP contribution in [0.1, 0.15) is 29.1 Å². The van der Waals surface area contributed by atoms with Gasteiger partial charge in [0, 0.05) is 28.1 Å². The van der Waals surface area contributed by atoms with Crippen molar-refractivity contribution in [1.82, 2.24) is 15.3 Å². The Morgan fingerprint density at radius 3 is 2.94 bits per heavy atom. The number of imidazole rings is 1. The molecule has 5 nitrogen and oxygen atoms in total. The van der Waals surface area contributed by atoms with Gasteiger partial charge in [0.25, 0.3) is 5.91 Å². The van der Waals surface area contributed by atoms with Crippen LogP contribution in [0.3, 0.4) is 0 Å². The van der Waals surface area contributed by atoms with Crippen molar-refractivity contribution < 1.29 is 4.79 Å². The molecule has 6 heteroatoms. The molecule has 1 aromatic heterocycles. The van der Waals surface area contributed by atoms with Crippen LogP contribution in [0.25, 0.3) is 0 Å². The number of aromatic nitrogens is 2. The molecular weight excluding hydrogens is 296 g/mol. The Hall–Kier alpha value is -1.82. The van der Waals surface area contributed by atoms with Crippen molar-refractivity contribution in [1.29, 1.82) is 0 Å². The van der Waals surface area contributed by atoms with Gasteiger partial charge < -0.3 is 16.0 Å². The number of amides is 1. The van der Waals surface area contributed by atoms with Gasteiger partial charge in [-0.05, 0) is 41.1 Å². The lowest BCUT2D eigenvalue weighted by molar-refractivity contribution is 0.0938. The highest BCUT2D eigenvalue weighted by Gasteiger charge is 2.13. The third kappa shape index (κ3) is 2.70. The molecule has 1 aromatic carbocycles. The quantitative estimate of drug-likeness (QED) is 0.760. The number of anilines is 1. The van der Waals surface area contributed by atoms with Crippen molar-refractivity contribution in [3.8, 4) is 0 Å². The average Bonchev–Trinajstić information content (AvgIpc) is 2.86. The molecule has 2 aromatic rings. The summed E-state index contributed by atoms with van der Waals surface area (Å²) in [6, 6.07) is 4.91. The summed E-state index contributed by atoms with van der Waals surface area (Å²) in [6.07, 6.45) is 3.37. The number of benzene rings is 1. The number of hydrogen-bond donors (Lipinski definition) is 3. The van der Waals surface area contributed by atoms with Crippen molar-refractivity contribution >= 4 is 27.5 Å². The molecule has 0 aliphatic rings. The molecule has 94 valence electrons. The predicted octanol–water partition coefficient (Wildman–Crippen LogP) is 2.25. The van der Waals surface area contributed by atoms with Crippen LogP contribution < -0.4 is 11.1 Å². The Morgan fingerprint density at radius 1 is 1.56 bits per heavy atom. The molecule has 0 saturated heterocycles. The van der Waals surface area contributed by atoms with Crippen LogP contribution in [0, 0.1) is 0 Å². The third-order valence-corrected chi connectivity index (χ3v) is 3.26. The standard InChI is InChI=1S/C12H13BrN4O/c1-7(11-15-4-5-16-11)17-12(18)8-2-3-9(13)10(14)6-8/h2-7H,14H2,1H3,(H,15,16)(H,17,18). The highest BCUT2D eigenvalue weighted by molar-refractivity contribution is 9.10. The summed E-state index contributed by atoms with van der Waals surface area (Å²) in [5, 5.41) is 2.84. The second-order valence-electron chi connectivity index (χ2n) is 3.91. The van der Waals surface area contributed by atoms with E-state index < -0.39 is 0 Å². The molecular formula is C12H13BrN4O. The zero-order valence-corrected chi connectivity index (χ0v) is 11.4. The van der Waals surface area contributed by atoms with E-state index in [-0.39, 0.29) is 11.9 Å². The number of nitrogen functional groups attached to an aromatic ring is 1. The van der Waals surface area contributed by atoms with E-state index in [4.69, 9.17) is 5.73 Å². The summed E-state index contributed by atoms with van der Waals surface area (Å²) in [7, 11) is 0. The second kappa shape index (κ2) is 5.22. The number of nitrogens with one attached hydrogen (secondary N) is 2. The summed E-state index contributed by atoms with van der Waals surface area (Å²) >= 11 is 3.29. The Labute approximate surface area is 113 Å². The fourth-order valence-corrected chi connectivity index (χ4v) is 1.79. The number of nitrogens with two attached hydrogens (primary N) is 1. The van der Waals surface area contributed by atoms with Crippen molar-refractivity contribution in [3.05, 3.63) is 46.5 Å². The van der Waals surface area contributed by atoms with E-state index in [9.17, 15) is 4.79 Å². The first-order valence-corrected chi connectivity index (χ1v) is 6.22. The number of H-pyrrole nitrogens is 1. The molecule has 1 atom stereocenters. The number of nitrogens with zero attached hydrogens (tertiary/aromatic N) is 1. The minimum atomic E-state index is -0.183. The largest absolute Gasteiger partial charge is 0.398 e. The van der Waals surface area contributed by atoms with Crippen molar-refractivity contribution in [2.24, 2.45) is 0 Å². The molecule has 0 saturated carbocycles. The van der Waals surface area contributed by atoms with Gasteiger partial charge in [-0.25, -0.2) is 4.98 Å². The van der Waals surface area contributed by atoms with Crippen LogP contribution in [0.2, 0.25) is 0 Å². The van der Waals surface area contributed by atoms with E-state index in [1.807, 2.05) is 6.92 Å². The molecule has 0 spiro atoms.